The maximum atomic E-state index is 12.5. The highest BCUT2D eigenvalue weighted by atomic mass is 32.2. The molecule has 2 rings (SSSR count). The molecule has 0 fully saturated rings. The Kier molecular flexibility index (Phi) is 5.96. The molecule has 0 saturated carbocycles. The molecule has 0 radical (unpaired) electrons. The van der Waals surface area contributed by atoms with Crippen molar-refractivity contribution in [1.29, 1.82) is 5.26 Å². The number of hydrogen-bond acceptors (Lipinski definition) is 4. The molecule has 6 heteroatoms. The SMILES string of the molecule is Cc1cc(C#N)ccc1S(=O)(=O)NCC(N)c1ccc(C(C)C)cc1. The van der Waals surface area contributed by atoms with Crippen LogP contribution in [0.4, 0.5) is 0 Å². The Balaban J connectivity index is 2.10. The van der Waals surface area contributed by atoms with Gasteiger partial charge in [0.05, 0.1) is 16.5 Å². The normalized spacial score (nSPS) is 12.8. The molecule has 1 atom stereocenters. The zero-order valence-corrected chi connectivity index (χ0v) is 15.5. The fraction of sp³-hybridized carbons (Fsp3) is 0.316. The number of rotatable bonds is 6. The first-order valence-electron chi connectivity index (χ1n) is 8.10. The lowest BCUT2D eigenvalue weighted by Crippen LogP contribution is -2.32. The van der Waals surface area contributed by atoms with Crippen LogP contribution in [0.15, 0.2) is 47.4 Å². The molecule has 0 aliphatic rings. The van der Waals surface area contributed by atoms with Gasteiger partial charge < -0.3 is 5.73 Å². The molecule has 1 unspecified atom stereocenters. The summed E-state index contributed by atoms with van der Waals surface area (Å²) in [5.41, 5.74) is 9.17. The van der Waals surface area contributed by atoms with Crippen LogP contribution in [0.2, 0.25) is 0 Å². The zero-order chi connectivity index (χ0) is 18.6. The van der Waals surface area contributed by atoms with E-state index in [2.05, 4.69) is 18.6 Å². The lowest BCUT2D eigenvalue weighted by molar-refractivity contribution is 0.571. The van der Waals surface area contributed by atoms with Crippen molar-refractivity contribution in [1.82, 2.24) is 4.72 Å². The van der Waals surface area contributed by atoms with Crippen molar-refractivity contribution < 1.29 is 8.42 Å². The van der Waals surface area contributed by atoms with E-state index < -0.39 is 16.1 Å². The topological polar surface area (TPSA) is 96.0 Å². The van der Waals surface area contributed by atoms with Crippen LogP contribution in [0, 0.1) is 18.3 Å². The second kappa shape index (κ2) is 7.79. The van der Waals surface area contributed by atoms with E-state index in [-0.39, 0.29) is 11.4 Å². The molecule has 0 amide bonds. The van der Waals surface area contributed by atoms with Gasteiger partial charge in [-0.05, 0) is 47.7 Å². The summed E-state index contributed by atoms with van der Waals surface area (Å²) in [5, 5.41) is 8.88. The predicted molar refractivity (Wildman–Crippen MR) is 98.5 cm³/mol. The van der Waals surface area contributed by atoms with Gasteiger partial charge in [0.1, 0.15) is 0 Å². The first kappa shape index (κ1) is 19.1. The summed E-state index contributed by atoms with van der Waals surface area (Å²) in [6.07, 6.45) is 0. The van der Waals surface area contributed by atoms with Crippen LogP contribution in [-0.2, 0) is 10.0 Å². The fourth-order valence-electron chi connectivity index (χ4n) is 2.54. The molecule has 0 spiro atoms. The van der Waals surface area contributed by atoms with Gasteiger partial charge in [0.2, 0.25) is 10.0 Å². The number of benzene rings is 2. The number of sulfonamides is 1. The number of nitrogens with two attached hydrogens (primary N) is 1. The molecule has 25 heavy (non-hydrogen) atoms. The van der Waals surface area contributed by atoms with Crippen molar-refractivity contribution in [2.75, 3.05) is 6.54 Å². The van der Waals surface area contributed by atoms with E-state index in [1.165, 1.54) is 17.7 Å². The second-order valence-corrected chi connectivity index (χ2v) is 8.11. The van der Waals surface area contributed by atoms with Crippen molar-refractivity contribution in [3.63, 3.8) is 0 Å². The Morgan fingerprint density at radius 1 is 1.12 bits per heavy atom. The van der Waals surface area contributed by atoms with Crippen molar-refractivity contribution in [3.8, 4) is 6.07 Å². The van der Waals surface area contributed by atoms with Gasteiger partial charge in [-0.15, -0.1) is 0 Å². The largest absolute Gasteiger partial charge is 0.323 e. The second-order valence-electron chi connectivity index (χ2n) is 6.37. The third-order valence-electron chi connectivity index (χ3n) is 4.12. The van der Waals surface area contributed by atoms with Crippen LogP contribution in [0.1, 0.15) is 48.1 Å². The lowest BCUT2D eigenvalue weighted by Gasteiger charge is -2.15. The average Bonchev–Trinajstić information content (AvgIpc) is 2.59. The number of aryl methyl sites for hydroxylation is 1. The third-order valence-corrected chi connectivity index (χ3v) is 5.70. The number of nitrogens with zero attached hydrogens (tertiary/aromatic N) is 1. The lowest BCUT2D eigenvalue weighted by atomic mass is 9.99. The fourth-order valence-corrected chi connectivity index (χ4v) is 3.83. The maximum absolute atomic E-state index is 12.5. The van der Waals surface area contributed by atoms with Gasteiger partial charge in [0.25, 0.3) is 0 Å². The maximum Gasteiger partial charge on any atom is 0.240 e. The Morgan fingerprint density at radius 2 is 1.72 bits per heavy atom. The van der Waals surface area contributed by atoms with E-state index >= 15 is 0 Å². The highest BCUT2D eigenvalue weighted by Crippen LogP contribution is 2.19. The summed E-state index contributed by atoms with van der Waals surface area (Å²) in [6.45, 7) is 5.99. The minimum Gasteiger partial charge on any atom is -0.323 e. The molecular formula is C19H23N3O2S. The van der Waals surface area contributed by atoms with E-state index in [1.54, 1.807) is 13.0 Å². The first-order valence-corrected chi connectivity index (χ1v) is 9.58. The summed E-state index contributed by atoms with van der Waals surface area (Å²) >= 11 is 0. The summed E-state index contributed by atoms with van der Waals surface area (Å²) in [5.74, 6) is 0.433. The third kappa shape index (κ3) is 4.67. The Morgan fingerprint density at radius 3 is 2.24 bits per heavy atom. The highest BCUT2D eigenvalue weighted by Gasteiger charge is 2.18. The summed E-state index contributed by atoms with van der Waals surface area (Å²) in [4.78, 5) is 0.161. The van der Waals surface area contributed by atoms with Gasteiger partial charge in [-0.25, -0.2) is 13.1 Å². The van der Waals surface area contributed by atoms with Crippen LogP contribution >= 0.6 is 0 Å². The molecule has 0 aliphatic carbocycles. The van der Waals surface area contributed by atoms with E-state index in [9.17, 15) is 8.42 Å². The predicted octanol–water partition coefficient (Wildman–Crippen LogP) is 2.97. The minimum atomic E-state index is -3.68. The summed E-state index contributed by atoms with van der Waals surface area (Å²) < 4.78 is 27.5. The van der Waals surface area contributed by atoms with Gasteiger partial charge in [-0.3, -0.25) is 0 Å². The Hall–Kier alpha value is -2.20. The highest BCUT2D eigenvalue weighted by molar-refractivity contribution is 7.89. The van der Waals surface area contributed by atoms with E-state index in [4.69, 9.17) is 11.0 Å². The van der Waals surface area contributed by atoms with Gasteiger partial charge >= 0.3 is 0 Å². The first-order chi connectivity index (χ1) is 11.7. The number of nitrogens with one attached hydrogen (secondary N) is 1. The number of hydrogen-bond donors (Lipinski definition) is 2. The molecule has 2 aromatic carbocycles. The quantitative estimate of drug-likeness (QED) is 0.831. The monoisotopic (exact) mass is 357 g/mol. The molecular weight excluding hydrogens is 334 g/mol. The molecule has 3 N–H and O–H groups in total. The minimum absolute atomic E-state index is 0.100. The van der Waals surface area contributed by atoms with Crippen LogP contribution in [0.25, 0.3) is 0 Å². The smallest absolute Gasteiger partial charge is 0.240 e. The van der Waals surface area contributed by atoms with E-state index in [0.29, 0.717) is 17.0 Å². The van der Waals surface area contributed by atoms with Crippen LogP contribution in [0.5, 0.6) is 0 Å². The molecule has 0 heterocycles. The van der Waals surface area contributed by atoms with Gasteiger partial charge in [-0.1, -0.05) is 38.1 Å². The molecule has 2 aromatic rings. The molecule has 0 aliphatic heterocycles. The van der Waals surface area contributed by atoms with E-state index in [1.807, 2.05) is 30.3 Å². The van der Waals surface area contributed by atoms with Gasteiger partial charge in [0.15, 0.2) is 0 Å². The molecule has 0 bridgehead atoms. The van der Waals surface area contributed by atoms with Crippen molar-refractivity contribution >= 4 is 10.0 Å². The van der Waals surface area contributed by atoms with E-state index in [0.717, 1.165) is 5.56 Å². The molecule has 0 aromatic heterocycles. The van der Waals surface area contributed by atoms with Crippen molar-refractivity contribution in [3.05, 3.63) is 64.7 Å². The van der Waals surface area contributed by atoms with Crippen LogP contribution in [0.3, 0.4) is 0 Å². The molecule has 132 valence electrons. The molecule has 0 saturated heterocycles. The number of nitriles is 1. The van der Waals surface area contributed by atoms with Crippen LogP contribution < -0.4 is 10.5 Å². The average molecular weight is 357 g/mol. The summed E-state index contributed by atoms with van der Waals surface area (Å²) in [7, 11) is -3.68. The van der Waals surface area contributed by atoms with Crippen molar-refractivity contribution in [2.45, 2.75) is 37.6 Å². The van der Waals surface area contributed by atoms with Gasteiger partial charge in [0, 0.05) is 12.6 Å². The Labute approximate surface area is 149 Å². The van der Waals surface area contributed by atoms with Crippen LogP contribution in [-0.4, -0.2) is 15.0 Å². The summed E-state index contributed by atoms with van der Waals surface area (Å²) in [6, 6.07) is 13.9. The Bertz CT molecular complexity index is 882. The standard InChI is InChI=1S/C19H23N3O2S/c1-13(2)16-5-7-17(8-6-16)18(21)12-22-25(23,24)19-9-4-15(11-20)10-14(19)3/h4-10,13,18,22H,12,21H2,1-3H3. The zero-order valence-electron chi connectivity index (χ0n) is 14.7. The van der Waals surface area contributed by atoms with Gasteiger partial charge in [-0.2, -0.15) is 5.26 Å². The van der Waals surface area contributed by atoms with Crippen molar-refractivity contribution in [2.24, 2.45) is 5.73 Å². The molecule has 5 nitrogen and oxygen atoms in total.